The molecule has 1 aliphatic carbocycles. The first-order valence-corrected chi connectivity index (χ1v) is 5.55. The van der Waals surface area contributed by atoms with Gasteiger partial charge in [-0.1, -0.05) is 27.7 Å². The number of fused-ring (bicyclic) bond motifs is 1. The standard InChI is InChI=1S/C13H20N2/c1-12(2)6-9-5-11(14)15-7-10(9)13(3,4)8-12/h5,7H,6,8H2,1-4H3,(H2,14,15). The predicted octanol–water partition coefficient (Wildman–Crippen LogP) is 2.91. The maximum absolute atomic E-state index is 5.75. The highest BCUT2D eigenvalue weighted by Crippen LogP contribution is 2.45. The molecule has 2 heteroatoms. The highest BCUT2D eigenvalue weighted by Gasteiger charge is 2.37. The topological polar surface area (TPSA) is 38.9 Å². The van der Waals surface area contributed by atoms with Crippen LogP contribution < -0.4 is 5.73 Å². The predicted molar refractivity (Wildman–Crippen MR) is 63.8 cm³/mol. The summed E-state index contributed by atoms with van der Waals surface area (Å²) in [6.07, 6.45) is 4.27. The average molecular weight is 204 g/mol. The van der Waals surface area contributed by atoms with Crippen molar-refractivity contribution in [2.45, 2.75) is 46.0 Å². The van der Waals surface area contributed by atoms with E-state index in [0.29, 0.717) is 11.2 Å². The second kappa shape index (κ2) is 2.97. The number of rotatable bonds is 0. The van der Waals surface area contributed by atoms with Crippen molar-refractivity contribution in [1.29, 1.82) is 0 Å². The van der Waals surface area contributed by atoms with Gasteiger partial charge in [-0.05, 0) is 40.9 Å². The van der Waals surface area contributed by atoms with Gasteiger partial charge in [-0.25, -0.2) is 4.98 Å². The van der Waals surface area contributed by atoms with E-state index in [1.54, 1.807) is 0 Å². The fourth-order valence-corrected chi connectivity index (χ4v) is 3.14. The summed E-state index contributed by atoms with van der Waals surface area (Å²) in [5.74, 6) is 0.641. The van der Waals surface area contributed by atoms with E-state index in [-0.39, 0.29) is 5.41 Å². The molecule has 1 aromatic heterocycles. The second-order valence-electron chi connectivity index (χ2n) is 6.17. The smallest absolute Gasteiger partial charge is 0.123 e. The molecule has 0 radical (unpaired) electrons. The second-order valence-corrected chi connectivity index (χ2v) is 6.17. The number of hydrogen-bond donors (Lipinski definition) is 1. The molecule has 0 amide bonds. The van der Waals surface area contributed by atoms with Gasteiger partial charge in [-0.2, -0.15) is 0 Å². The molecule has 0 saturated heterocycles. The van der Waals surface area contributed by atoms with E-state index in [2.05, 4.69) is 32.7 Å². The van der Waals surface area contributed by atoms with Crippen LogP contribution in [-0.4, -0.2) is 4.98 Å². The van der Waals surface area contributed by atoms with Crippen LogP contribution in [-0.2, 0) is 11.8 Å². The molecule has 15 heavy (non-hydrogen) atoms. The zero-order valence-corrected chi connectivity index (χ0v) is 10.1. The molecule has 0 saturated carbocycles. The maximum atomic E-state index is 5.75. The van der Waals surface area contributed by atoms with Gasteiger partial charge >= 0.3 is 0 Å². The highest BCUT2D eigenvalue weighted by atomic mass is 14.8. The summed E-state index contributed by atoms with van der Waals surface area (Å²) >= 11 is 0. The van der Waals surface area contributed by atoms with E-state index >= 15 is 0 Å². The molecule has 0 bridgehead atoms. The fraction of sp³-hybridized carbons (Fsp3) is 0.615. The van der Waals surface area contributed by atoms with Gasteiger partial charge in [0.05, 0.1) is 0 Å². The Morgan fingerprint density at radius 3 is 2.60 bits per heavy atom. The molecule has 0 unspecified atom stereocenters. The molecule has 0 spiro atoms. The molecule has 0 aliphatic heterocycles. The molecular formula is C13H20N2. The van der Waals surface area contributed by atoms with Gasteiger partial charge in [-0.15, -0.1) is 0 Å². The van der Waals surface area contributed by atoms with E-state index in [9.17, 15) is 0 Å². The third-order valence-corrected chi connectivity index (χ3v) is 3.33. The van der Waals surface area contributed by atoms with Crippen LogP contribution in [0, 0.1) is 5.41 Å². The van der Waals surface area contributed by atoms with Gasteiger partial charge in [0.25, 0.3) is 0 Å². The molecule has 82 valence electrons. The minimum atomic E-state index is 0.220. The van der Waals surface area contributed by atoms with Crippen LogP contribution in [0.1, 0.15) is 45.2 Å². The van der Waals surface area contributed by atoms with Crippen LogP contribution in [0.3, 0.4) is 0 Å². The van der Waals surface area contributed by atoms with Gasteiger partial charge in [0.2, 0.25) is 0 Å². The maximum Gasteiger partial charge on any atom is 0.123 e. The number of nitrogens with zero attached hydrogens (tertiary/aromatic N) is 1. The Balaban J connectivity index is 2.55. The van der Waals surface area contributed by atoms with Crippen molar-refractivity contribution in [2.24, 2.45) is 5.41 Å². The number of anilines is 1. The molecule has 1 aliphatic rings. The number of aromatic nitrogens is 1. The summed E-state index contributed by atoms with van der Waals surface area (Å²) in [5, 5.41) is 0. The number of hydrogen-bond acceptors (Lipinski definition) is 2. The van der Waals surface area contributed by atoms with Gasteiger partial charge < -0.3 is 5.73 Å². The molecule has 2 nitrogen and oxygen atoms in total. The Morgan fingerprint density at radius 1 is 1.27 bits per heavy atom. The van der Waals surface area contributed by atoms with Gasteiger partial charge in [-0.3, -0.25) is 0 Å². The third-order valence-electron chi connectivity index (χ3n) is 3.33. The first-order valence-electron chi connectivity index (χ1n) is 5.55. The van der Waals surface area contributed by atoms with Crippen LogP contribution in [0.4, 0.5) is 5.82 Å². The Kier molecular flexibility index (Phi) is 2.07. The fourth-order valence-electron chi connectivity index (χ4n) is 3.14. The summed E-state index contributed by atoms with van der Waals surface area (Å²) in [4.78, 5) is 4.21. The molecule has 0 atom stereocenters. The summed E-state index contributed by atoms with van der Waals surface area (Å²) < 4.78 is 0. The van der Waals surface area contributed by atoms with Gasteiger partial charge in [0.1, 0.15) is 5.82 Å². The molecule has 0 aromatic carbocycles. The molecule has 1 heterocycles. The Labute approximate surface area is 91.9 Å². The van der Waals surface area contributed by atoms with Crippen LogP contribution in [0.2, 0.25) is 0 Å². The summed E-state index contributed by atoms with van der Waals surface area (Å²) in [6.45, 7) is 9.25. The lowest BCUT2D eigenvalue weighted by Crippen LogP contribution is -2.34. The van der Waals surface area contributed by atoms with Crippen LogP contribution in [0.5, 0.6) is 0 Å². The van der Waals surface area contributed by atoms with Crippen molar-refractivity contribution in [3.63, 3.8) is 0 Å². The SMILES string of the molecule is CC1(C)Cc2cc(N)ncc2C(C)(C)C1. The molecule has 2 rings (SSSR count). The van der Waals surface area contributed by atoms with Crippen LogP contribution in [0.25, 0.3) is 0 Å². The lowest BCUT2D eigenvalue weighted by atomic mass is 9.63. The zero-order valence-electron chi connectivity index (χ0n) is 10.1. The third kappa shape index (κ3) is 1.85. The van der Waals surface area contributed by atoms with Crippen molar-refractivity contribution < 1.29 is 0 Å². The van der Waals surface area contributed by atoms with E-state index in [0.717, 1.165) is 6.42 Å². The monoisotopic (exact) mass is 204 g/mol. The first kappa shape index (κ1) is 10.5. The molecule has 0 fully saturated rings. The normalized spacial score (nSPS) is 22.1. The van der Waals surface area contributed by atoms with Crippen molar-refractivity contribution in [1.82, 2.24) is 4.98 Å². The van der Waals surface area contributed by atoms with E-state index in [1.807, 2.05) is 12.3 Å². The molecule has 2 N–H and O–H groups in total. The van der Waals surface area contributed by atoms with Crippen molar-refractivity contribution in [2.75, 3.05) is 5.73 Å². The number of nitrogen functional groups attached to an aromatic ring is 1. The van der Waals surface area contributed by atoms with Gasteiger partial charge in [0.15, 0.2) is 0 Å². The van der Waals surface area contributed by atoms with Gasteiger partial charge in [0, 0.05) is 6.20 Å². The Hall–Kier alpha value is -1.05. The van der Waals surface area contributed by atoms with E-state index in [1.165, 1.54) is 17.5 Å². The quantitative estimate of drug-likeness (QED) is 0.705. The first-order chi connectivity index (χ1) is 6.80. The minimum absolute atomic E-state index is 0.220. The largest absolute Gasteiger partial charge is 0.384 e. The van der Waals surface area contributed by atoms with E-state index < -0.39 is 0 Å². The zero-order chi connectivity index (χ0) is 11.3. The lowest BCUT2D eigenvalue weighted by molar-refractivity contribution is 0.231. The summed E-state index contributed by atoms with van der Waals surface area (Å²) in [7, 11) is 0. The summed E-state index contributed by atoms with van der Waals surface area (Å²) in [6, 6.07) is 2.04. The molecular weight excluding hydrogens is 184 g/mol. The van der Waals surface area contributed by atoms with E-state index in [4.69, 9.17) is 5.73 Å². The number of pyridine rings is 1. The Bertz CT molecular complexity index is 392. The van der Waals surface area contributed by atoms with Crippen molar-refractivity contribution >= 4 is 5.82 Å². The Morgan fingerprint density at radius 2 is 1.93 bits per heavy atom. The molecule has 1 aromatic rings. The van der Waals surface area contributed by atoms with Crippen molar-refractivity contribution in [3.05, 3.63) is 23.4 Å². The lowest BCUT2D eigenvalue weighted by Gasteiger charge is -2.42. The van der Waals surface area contributed by atoms with Crippen LogP contribution >= 0.6 is 0 Å². The summed E-state index contributed by atoms with van der Waals surface area (Å²) in [5.41, 5.74) is 9.08. The highest BCUT2D eigenvalue weighted by molar-refractivity contribution is 5.42. The average Bonchev–Trinajstić information content (AvgIpc) is 1.97. The van der Waals surface area contributed by atoms with Crippen LogP contribution in [0.15, 0.2) is 12.3 Å². The number of nitrogens with two attached hydrogens (primary N) is 1. The minimum Gasteiger partial charge on any atom is -0.384 e. The van der Waals surface area contributed by atoms with Crippen molar-refractivity contribution in [3.8, 4) is 0 Å².